The highest BCUT2D eigenvalue weighted by atomic mass is 16.6. The molecule has 1 N–H and O–H groups in total. The van der Waals surface area contributed by atoms with Gasteiger partial charge in [0, 0.05) is 5.56 Å². The van der Waals surface area contributed by atoms with Gasteiger partial charge < -0.3 is 9.47 Å². The second-order valence-electron chi connectivity index (χ2n) is 3.58. The molecule has 0 fully saturated rings. The van der Waals surface area contributed by atoms with Crippen molar-refractivity contribution < 1.29 is 28.7 Å². The van der Waals surface area contributed by atoms with E-state index in [0.29, 0.717) is 11.8 Å². The fraction of sp³-hybridized carbons (Fsp3) is 0.231. The van der Waals surface area contributed by atoms with Crippen molar-refractivity contribution in [3.63, 3.8) is 0 Å². The second kappa shape index (κ2) is 7.67. The Labute approximate surface area is 114 Å². The van der Waals surface area contributed by atoms with Gasteiger partial charge in [0.25, 0.3) is 5.91 Å². The molecule has 0 radical (unpaired) electrons. The van der Waals surface area contributed by atoms with Crippen LogP contribution in [0.25, 0.3) is 0 Å². The molecule has 7 heteroatoms. The zero-order chi connectivity index (χ0) is 15.0. The number of rotatable bonds is 5. The highest BCUT2D eigenvalue weighted by Crippen LogP contribution is 2.04. The maximum absolute atomic E-state index is 11.6. The lowest BCUT2D eigenvalue weighted by Gasteiger charge is -2.05. The molecular weight excluding hydrogens is 266 g/mol. The molecule has 0 aromatic heterocycles. The van der Waals surface area contributed by atoms with Crippen molar-refractivity contribution in [3.05, 3.63) is 35.4 Å². The Kier molecular flexibility index (Phi) is 5.89. The molecule has 20 heavy (non-hydrogen) atoms. The van der Waals surface area contributed by atoms with Gasteiger partial charge in [-0.25, -0.2) is 9.59 Å². The third-order valence-corrected chi connectivity index (χ3v) is 2.13. The summed E-state index contributed by atoms with van der Waals surface area (Å²) < 4.78 is 9.18. The van der Waals surface area contributed by atoms with Crippen molar-refractivity contribution in [3.8, 4) is 0 Å². The smallest absolute Gasteiger partial charge is 0.413 e. The predicted octanol–water partition coefficient (Wildman–Crippen LogP) is 0.929. The van der Waals surface area contributed by atoms with Crippen LogP contribution in [-0.4, -0.2) is 37.5 Å². The van der Waals surface area contributed by atoms with Crippen LogP contribution in [0, 0.1) is 0 Å². The van der Waals surface area contributed by atoms with Gasteiger partial charge in [-0.15, -0.1) is 0 Å². The molecule has 7 nitrogen and oxygen atoms in total. The topological polar surface area (TPSA) is 98.8 Å². The normalized spacial score (nSPS) is 9.45. The molecule has 0 saturated heterocycles. The average molecular weight is 279 g/mol. The summed E-state index contributed by atoms with van der Waals surface area (Å²) in [6.07, 6.45) is -0.258. The summed E-state index contributed by atoms with van der Waals surface area (Å²) in [4.78, 5) is 44.1. The molecule has 2 amide bonds. The van der Waals surface area contributed by atoms with Crippen molar-refractivity contribution in [1.29, 1.82) is 0 Å². The molecule has 0 heterocycles. The van der Waals surface area contributed by atoms with E-state index in [-0.39, 0.29) is 12.2 Å². The number of hydrogen-bond donors (Lipinski definition) is 1. The van der Waals surface area contributed by atoms with E-state index in [1.54, 1.807) is 6.92 Å². The number of benzene rings is 1. The van der Waals surface area contributed by atoms with Crippen molar-refractivity contribution in [2.75, 3.05) is 13.2 Å². The Morgan fingerprint density at radius 1 is 1.15 bits per heavy atom. The van der Waals surface area contributed by atoms with Crippen LogP contribution < -0.4 is 5.32 Å². The Morgan fingerprint density at radius 2 is 1.80 bits per heavy atom. The molecule has 0 saturated carbocycles. The zero-order valence-corrected chi connectivity index (χ0v) is 10.8. The van der Waals surface area contributed by atoms with Gasteiger partial charge in [0.1, 0.15) is 6.29 Å². The summed E-state index contributed by atoms with van der Waals surface area (Å²) in [7, 11) is 0. The van der Waals surface area contributed by atoms with Crippen LogP contribution in [0.5, 0.6) is 0 Å². The van der Waals surface area contributed by atoms with Crippen LogP contribution in [0.2, 0.25) is 0 Å². The maximum Gasteiger partial charge on any atom is 0.413 e. The first-order chi connectivity index (χ1) is 9.56. The van der Waals surface area contributed by atoms with Crippen LogP contribution in [0.15, 0.2) is 24.3 Å². The van der Waals surface area contributed by atoms with Gasteiger partial charge in [0.2, 0.25) is 0 Å². The first-order valence-corrected chi connectivity index (χ1v) is 5.75. The van der Waals surface area contributed by atoms with Gasteiger partial charge in [-0.3, -0.25) is 14.9 Å². The summed E-state index contributed by atoms with van der Waals surface area (Å²) in [6.45, 7) is 1.11. The van der Waals surface area contributed by atoms with Crippen LogP contribution in [0.3, 0.4) is 0 Å². The lowest BCUT2D eigenvalue weighted by Crippen LogP contribution is -2.34. The number of aldehydes is 1. The molecule has 1 aromatic carbocycles. The van der Waals surface area contributed by atoms with Crippen molar-refractivity contribution >= 4 is 24.3 Å². The molecule has 0 aliphatic carbocycles. The number of ether oxygens (including phenoxy) is 2. The lowest BCUT2D eigenvalue weighted by atomic mass is 10.1. The molecule has 0 spiro atoms. The van der Waals surface area contributed by atoms with E-state index in [1.807, 2.05) is 5.32 Å². The number of amides is 2. The van der Waals surface area contributed by atoms with E-state index in [2.05, 4.69) is 4.74 Å². The molecular formula is C13H13NO6. The van der Waals surface area contributed by atoms with E-state index >= 15 is 0 Å². The maximum atomic E-state index is 11.6. The third-order valence-electron chi connectivity index (χ3n) is 2.13. The Hall–Kier alpha value is -2.70. The highest BCUT2D eigenvalue weighted by molar-refractivity contribution is 5.95. The third kappa shape index (κ3) is 4.89. The zero-order valence-electron chi connectivity index (χ0n) is 10.8. The van der Waals surface area contributed by atoms with Crippen molar-refractivity contribution in [2.45, 2.75) is 6.92 Å². The molecule has 0 aliphatic rings. The minimum atomic E-state index is -0.899. The summed E-state index contributed by atoms with van der Waals surface area (Å²) in [5.74, 6) is -1.53. The Bertz CT molecular complexity index is 508. The fourth-order valence-electron chi connectivity index (χ4n) is 1.23. The quantitative estimate of drug-likeness (QED) is 0.636. The molecule has 0 bridgehead atoms. The average Bonchev–Trinajstić information content (AvgIpc) is 2.45. The van der Waals surface area contributed by atoms with Gasteiger partial charge in [0.05, 0.1) is 12.2 Å². The van der Waals surface area contributed by atoms with Gasteiger partial charge >= 0.3 is 12.1 Å². The Balaban J connectivity index is 2.44. The van der Waals surface area contributed by atoms with Crippen LogP contribution in [0.1, 0.15) is 27.6 Å². The predicted molar refractivity (Wildman–Crippen MR) is 67.3 cm³/mol. The van der Waals surface area contributed by atoms with Crippen molar-refractivity contribution in [2.24, 2.45) is 0 Å². The summed E-state index contributed by atoms with van der Waals surface area (Å²) in [5.41, 5.74) is 0.612. The molecule has 0 aliphatic heterocycles. The molecule has 1 aromatic rings. The van der Waals surface area contributed by atoms with E-state index in [4.69, 9.17) is 4.74 Å². The number of carbonyl (C=O) groups is 4. The molecule has 0 atom stereocenters. The van der Waals surface area contributed by atoms with Crippen LogP contribution in [0.4, 0.5) is 4.79 Å². The molecule has 106 valence electrons. The van der Waals surface area contributed by atoms with Gasteiger partial charge in [-0.1, -0.05) is 12.1 Å². The molecule has 0 unspecified atom stereocenters. The summed E-state index contributed by atoms with van der Waals surface area (Å²) in [6, 6.07) is 5.69. The number of esters is 1. The number of imide groups is 1. The lowest BCUT2D eigenvalue weighted by molar-refractivity contribution is -0.123. The number of carbonyl (C=O) groups excluding carboxylic acids is 4. The highest BCUT2D eigenvalue weighted by Gasteiger charge is 2.12. The second-order valence-corrected chi connectivity index (χ2v) is 3.58. The monoisotopic (exact) mass is 279 g/mol. The Morgan fingerprint density at radius 3 is 2.35 bits per heavy atom. The first-order valence-electron chi connectivity index (χ1n) is 5.75. The van der Waals surface area contributed by atoms with E-state index in [1.165, 1.54) is 24.3 Å². The van der Waals surface area contributed by atoms with Gasteiger partial charge in [-0.05, 0) is 19.1 Å². The summed E-state index contributed by atoms with van der Waals surface area (Å²) >= 11 is 0. The summed E-state index contributed by atoms with van der Waals surface area (Å²) in [5, 5.41) is 1.88. The standard InChI is InChI=1S/C13H13NO6/c1-2-19-13(18)14-11(16)8-20-12(17)10-5-3-9(7-15)4-6-10/h3-7H,2,8H2,1H3,(H,14,16,18). The first kappa shape index (κ1) is 15.4. The van der Waals surface area contributed by atoms with Crippen LogP contribution in [-0.2, 0) is 14.3 Å². The number of nitrogens with one attached hydrogen (secondary N) is 1. The minimum Gasteiger partial charge on any atom is -0.452 e. The van der Waals surface area contributed by atoms with Crippen molar-refractivity contribution in [1.82, 2.24) is 5.32 Å². The van der Waals surface area contributed by atoms with Gasteiger partial charge in [0.15, 0.2) is 6.61 Å². The van der Waals surface area contributed by atoms with E-state index in [9.17, 15) is 19.2 Å². The number of alkyl carbamates (subject to hydrolysis) is 1. The molecule has 1 rings (SSSR count). The van der Waals surface area contributed by atoms with E-state index < -0.39 is 24.6 Å². The van der Waals surface area contributed by atoms with Crippen LogP contribution >= 0.6 is 0 Å². The van der Waals surface area contributed by atoms with Gasteiger partial charge in [-0.2, -0.15) is 0 Å². The largest absolute Gasteiger partial charge is 0.452 e. The SMILES string of the molecule is CCOC(=O)NC(=O)COC(=O)c1ccc(C=O)cc1. The fourth-order valence-corrected chi connectivity index (χ4v) is 1.23. The van der Waals surface area contributed by atoms with E-state index in [0.717, 1.165) is 0 Å². The number of hydrogen-bond acceptors (Lipinski definition) is 6. The minimum absolute atomic E-state index is 0.127.